The number of esters is 1. The number of aromatic nitrogens is 2. The molecule has 0 aliphatic carbocycles. The largest absolute Gasteiger partial charge is 0.462 e. The van der Waals surface area contributed by atoms with Gasteiger partial charge in [0.1, 0.15) is 24.1 Å². The summed E-state index contributed by atoms with van der Waals surface area (Å²) in [6, 6.07) is 9.74. The molecule has 2 aromatic rings. The normalized spacial score (nSPS) is 24.8. The molecule has 1 aliphatic heterocycles. The van der Waals surface area contributed by atoms with Crippen LogP contribution in [0.15, 0.2) is 47.4 Å². The number of benzene rings is 1. The molecule has 4 atom stereocenters. The molecule has 3 rings (SSSR count). The molecule has 2 heterocycles. The number of hydrogen-bond donors (Lipinski definition) is 5. The van der Waals surface area contributed by atoms with E-state index in [1.165, 1.54) is 6.07 Å². The summed E-state index contributed by atoms with van der Waals surface area (Å²) in [6.07, 6.45) is -3.68. The first-order valence-corrected chi connectivity index (χ1v) is 9.82. The second kappa shape index (κ2) is 9.87. The molecule has 1 aromatic heterocycles. The van der Waals surface area contributed by atoms with Crippen LogP contribution in [0.4, 0.5) is 5.82 Å². The third-order valence-corrected chi connectivity index (χ3v) is 4.97. The lowest BCUT2D eigenvalue weighted by atomic mass is 10.0. The highest BCUT2D eigenvalue weighted by molar-refractivity contribution is 5.94. The third-order valence-electron chi connectivity index (χ3n) is 4.97. The van der Waals surface area contributed by atoms with E-state index >= 15 is 0 Å². The molecule has 1 fully saturated rings. The topological polar surface area (TPSA) is 186 Å². The predicted molar refractivity (Wildman–Crippen MR) is 109 cm³/mol. The van der Waals surface area contributed by atoms with Gasteiger partial charge in [-0.25, -0.2) is 9.59 Å². The van der Waals surface area contributed by atoms with Crippen LogP contribution in [-0.4, -0.2) is 74.8 Å². The van der Waals surface area contributed by atoms with Crippen LogP contribution < -0.4 is 16.7 Å². The molecule has 172 valence electrons. The fourth-order valence-corrected chi connectivity index (χ4v) is 3.32. The lowest BCUT2D eigenvalue weighted by Crippen LogP contribution is -2.56. The Balaban J connectivity index is 1.69. The van der Waals surface area contributed by atoms with Gasteiger partial charge in [0.05, 0.1) is 13.2 Å². The molecule has 6 N–H and O–H groups in total. The van der Waals surface area contributed by atoms with E-state index in [0.29, 0.717) is 10.1 Å². The molecule has 1 aromatic carbocycles. The van der Waals surface area contributed by atoms with Crippen molar-refractivity contribution in [3.63, 3.8) is 0 Å². The van der Waals surface area contributed by atoms with Crippen molar-refractivity contribution in [2.75, 3.05) is 25.5 Å². The number of hydrogen-bond acceptors (Lipinski definition) is 10. The molecule has 1 saturated heterocycles. The zero-order valence-corrected chi connectivity index (χ0v) is 17.0. The SMILES string of the molecule is Nc1ccn([C@]2(C(=O)OCCCNC(=O)c3ccccc3)O[C@H](CO)[C@@H](O)[C@H]2O)c(=O)n1. The number of aliphatic hydroxyl groups is 3. The average Bonchev–Trinajstić information content (AvgIpc) is 3.05. The van der Waals surface area contributed by atoms with Crippen LogP contribution in [0.2, 0.25) is 0 Å². The number of carbonyl (C=O) groups excluding carboxylic acids is 2. The van der Waals surface area contributed by atoms with E-state index in [-0.39, 0.29) is 31.3 Å². The summed E-state index contributed by atoms with van der Waals surface area (Å²) in [4.78, 5) is 40.8. The molecule has 0 saturated carbocycles. The fourth-order valence-electron chi connectivity index (χ4n) is 3.32. The number of amides is 1. The molecule has 32 heavy (non-hydrogen) atoms. The first-order chi connectivity index (χ1) is 15.3. The monoisotopic (exact) mass is 448 g/mol. The van der Waals surface area contributed by atoms with Gasteiger partial charge in [-0.1, -0.05) is 18.2 Å². The Bertz CT molecular complexity index is 1010. The average molecular weight is 448 g/mol. The summed E-state index contributed by atoms with van der Waals surface area (Å²) >= 11 is 0. The lowest BCUT2D eigenvalue weighted by molar-refractivity contribution is -0.202. The quantitative estimate of drug-likeness (QED) is 0.222. The van der Waals surface area contributed by atoms with Gasteiger partial charge in [-0.3, -0.25) is 9.36 Å². The summed E-state index contributed by atoms with van der Waals surface area (Å²) in [7, 11) is 0. The number of nitrogens with zero attached hydrogens (tertiary/aromatic N) is 2. The first kappa shape index (κ1) is 23.3. The van der Waals surface area contributed by atoms with Crippen LogP contribution in [-0.2, 0) is 20.0 Å². The first-order valence-electron chi connectivity index (χ1n) is 9.82. The van der Waals surface area contributed by atoms with Crippen molar-refractivity contribution < 1.29 is 34.4 Å². The number of anilines is 1. The van der Waals surface area contributed by atoms with E-state index in [9.17, 15) is 29.7 Å². The van der Waals surface area contributed by atoms with Gasteiger partial charge in [-0.05, 0) is 24.6 Å². The molecule has 1 aliphatic rings. The van der Waals surface area contributed by atoms with E-state index in [0.717, 1.165) is 6.20 Å². The van der Waals surface area contributed by atoms with Crippen molar-refractivity contribution in [1.82, 2.24) is 14.9 Å². The van der Waals surface area contributed by atoms with E-state index < -0.39 is 42.3 Å². The molecular weight excluding hydrogens is 424 g/mol. The van der Waals surface area contributed by atoms with Gasteiger partial charge < -0.3 is 35.8 Å². The highest BCUT2D eigenvalue weighted by Gasteiger charge is 2.62. The number of carbonyl (C=O) groups is 2. The van der Waals surface area contributed by atoms with Crippen molar-refractivity contribution in [2.24, 2.45) is 0 Å². The number of nitrogens with one attached hydrogen (secondary N) is 1. The van der Waals surface area contributed by atoms with Crippen molar-refractivity contribution in [3.05, 3.63) is 58.6 Å². The van der Waals surface area contributed by atoms with Crippen molar-refractivity contribution >= 4 is 17.7 Å². The highest BCUT2D eigenvalue weighted by Crippen LogP contribution is 2.36. The molecule has 12 nitrogen and oxygen atoms in total. The lowest BCUT2D eigenvalue weighted by Gasteiger charge is -2.31. The van der Waals surface area contributed by atoms with Crippen molar-refractivity contribution in [1.29, 1.82) is 0 Å². The molecule has 0 spiro atoms. The van der Waals surface area contributed by atoms with Crippen molar-refractivity contribution in [2.45, 2.75) is 30.5 Å². The number of aliphatic hydroxyl groups excluding tert-OH is 3. The van der Waals surface area contributed by atoms with Gasteiger partial charge in [0.2, 0.25) is 0 Å². The Morgan fingerprint density at radius 1 is 1.25 bits per heavy atom. The summed E-state index contributed by atoms with van der Waals surface area (Å²) in [5.41, 5.74) is 2.45. The van der Waals surface area contributed by atoms with Gasteiger partial charge in [0.15, 0.2) is 0 Å². The van der Waals surface area contributed by atoms with Crippen LogP contribution in [0.1, 0.15) is 16.8 Å². The Morgan fingerprint density at radius 2 is 1.97 bits per heavy atom. The van der Waals surface area contributed by atoms with Gasteiger partial charge in [0, 0.05) is 18.3 Å². The molecule has 0 bridgehead atoms. The summed E-state index contributed by atoms with van der Waals surface area (Å²) in [6.45, 7) is -0.735. The Labute approximate surface area is 182 Å². The minimum atomic E-state index is -2.47. The number of rotatable bonds is 8. The van der Waals surface area contributed by atoms with Gasteiger partial charge in [-0.15, -0.1) is 0 Å². The Hall–Kier alpha value is -3.32. The van der Waals surface area contributed by atoms with Crippen LogP contribution >= 0.6 is 0 Å². The van der Waals surface area contributed by atoms with E-state index in [1.807, 2.05) is 0 Å². The van der Waals surface area contributed by atoms with E-state index in [2.05, 4.69) is 10.3 Å². The minimum Gasteiger partial charge on any atom is -0.462 e. The Kier molecular flexibility index (Phi) is 7.20. The maximum atomic E-state index is 12.9. The van der Waals surface area contributed by atoms with Gasteiger partial charge in [0.25, 0.3) is 11.6 Å². The molecule has 0 unspecified atom stereocenters. The maximum absolute atomic E-state index is 12.9. The standard InChI is InChI=1S/C20H24N4O8/c21-14-7-9-24(19(30)23-14)20(16(27)15(26)13(11-25)32-20)18(29)31-10-4-8-22-17(28)12-5-2-1-3-6-12/h1-3,5-7,9,13,15-16,25-27H,4,8,10-11H2,(H,22,28)(H2,21,23,30)/t13-,15-,16-,20+/m1/s1. The van der Waals surface area contributed by atoms with Gasteiger partial charge in [-0.2, -0.15) is 4.98 Å². The maximum Gasteiger partial charge on any atom is 0.363 e. The van der Waals surface area contributed by atoms with E-state index in [1.54, 1.807) is 30.3 Å². The highest BCUT2D eigenvalue weighted by atomic mass is 16.6. The summed E-state index contributed by atoms with van der Waals surface area (Å²) in [5, 5.41) is 32.8. The summed E-state index contributed by atoms with van der Waals surface area (Å²) < 4.78 is 11.3. The molecule has 1 amide bonds. The summed E-state index contributed by atoms with van der Waals surface area (Å²) in [5.74, 6) is -1.60. The van der Waals surface area contributed by atoms with Gasteiger partial charge >= 0.3 is 11.7 Å². The van der Waals surface area contributed by atoms with Crippen LogP contribution in [0.5, 0.6) is 0 Å². The van der Waals surface area contributed by atoms with Crippen LogP contribution in [0.3, 0.4) is 0 Å². The third kappa shape index (κ3) is 4.48. The molecular formula is C20H24N4O8. The second-order valence-corrected chi connectivity index (χ2v) is 7.09. The fraction of sp³-hybridized carbons (Fsp3) is 0.400. The van der Waals surface area contributed by atoms with Crippen LogP contribution in [0, 0.1) is 0 Å². The minimum absolute atomic E-state index is 0.129. The van der Waals surface area contributed by atoms with Crippen LogP contribution in [0.25, 0.3) is 0 Å². The number of nitrogen functional groups attached to an aromatic ring is 1. The number of nitrogens with two attached hydrogens (primary N) is 1. The predicted octanol–water partition coefficient (Wildman–Crippen LogP) is -2.05. The number of ether oxygens (including phenoxy) is 2. The zero-order chi connectivity index (χ0) is 23.3. The Morgan fingerprint density at radius 3 is 2.59 bits per heavy atom. The van der Waals surface area contributed by atoms with E-state index in [4.69, 9.17) is 15.2 Å². The molecule has 0 radical (unpaired) electrons. The molecule has 12 heteroatoms. The zero-order valence-electron chi connectivity index (χ0n) is 17.0. The second-order valence-electron chi connectivity index (χ2n) is 7.09. The smallest absolute Gasteiger partial charge is 0.363 e. The van der Waals surface area contributed by atoms with Crippen molar-refractivity contribution in [3.8, 4) is 0 Å².